The zero-order valence-electron chi connectivity index (χ0n) is 14.8. The number of hydrogen-bond acceptors (Lipinski definition) is 6. The third-order valence-corrected chi connectivity index (χ3v) is 4.19. The maximum atomic E-state index is 12.9. The van der Waals surface area contributed by atoms with Crippen LogP contribution in [-0.4, -0.2) is 29.7 Å². The van der Waals surface area contributed by atoms with E-state index in [9.17, 15) is 14.8 Å². The highest BCUT2D eigenvalue weighted by Gasteiger charge is 2.47. The molecule has 0 radical (unpaired) electrons. The summed E-state index contributed by atoms with van der Waals surface area (Å²) in [5.74, 6) is -2.58. The molecule has 0 fully saturated rings. The van der Waals surface area contributed by atoms with Gasteiger partial charge >= 0.3 is 5.97 Å². The lowest BCUT2D eigenvalue weighted by Gasteiger charge is -2.36. The number of ketones is 1. The molecule has 6 heteroatoms. The number of rotatable bonds is 5. The molecule has 0 heterocycles. The number of esters is 1. The molecule has 1 aliphatic rings. The Balaban J connectivity index is 2.10. The quantitative estimate of drug-likeness (QED) is 0.383. The van der Waals surface area contributed by atoms with Crippen molar-refractivity contribution in [3.05, 3.63) is 70.3 Å². The summed E-state index contributed by atoms with van der Waals surface area (Å²) in [6, 6.07) is 11.8. The number of fused-ring (bicyclic) bond motifs is 2. The van der Waals surface area contributed by atoms with E-state index in [2.05, 4.69) is 0 Å². The fraction of sp³-hybridized carbons (Fsp3) is 0.300. The van der Waals surface area contributed by atoms with E-state index in [4.69, 9.17) is 14.4 Å². The summed E-state index contributed by atoms with van der Waals surface area (Å²) in [4.78, 5) is 29.6. The first kappa shape index (κ1) is 18.3. The lowest BCUT2D eigenvalue weighted by molar-refractivity contribution is -0.395. The summed E-state index contributed by atoms with van der Waals surface area (Å²) in [7, 11) is 0. The number of hydrogen-bond donors (Lipinski definition) is 1. The Labute approximate surface area is 151 Å². The Hall–Kier alpha value is -2.54. The summed E-state index contributed by atoms with van der Waals surface area (Å²) in [6.07, 6.45) is -0.299. The van der Waals surface area contributed by atoms with Gasteiger partial charge in [-0.3, -0.25) is 4.79 Å². The first-order valence-corrected chi connectivity index (χ1v) is 8.30. The summed E-state index contributed by atoms with van der Waals surface area (Å²) in [6.45, 7) is 4.86. The molecule has 2 aromatic rings. The van der Waals surface area contributed by atoms with Crippen LogP contribution in [0.25, 0.3) is 0 Å². The van der Waals surface area contributed by atoms with Crippen molar-refractivity contribution in [3.8, 4) is 0 Å². The van der Waals surface area contributed by atoms with Gasteiger partial charge in [0, 0.05) is 22.3 Å². The highest BCUT2D eigenvalue weighted by molar-refractivity contribution is 6.13. The molecule has 136 valence electrons. The van der Waals surface area contributed by atoms with Crippen LogP contribution >= 0.6 is 0 Å². The Morgan fingerprint density at radius 2 is 1.81 bits per heavy atom. The summed E-state index contributed by atoms with van der Waals surface area (Å²) in [5.41, 5.74) is 2.25. The van der Waals surface area contributed by atoms with Crippen LogP contribution < -0.4 is 0 Å². The molecule has 1 unspecified atom stereocenters. The minimum absolute atomic E-state index is 0.194. The van der Waals surface area contributed by atoms with Crippen LogP contribution in [0, 0.1) is 6.92 Å². The first-order valence-electron chi connectivity index (χ1n) is 8.30. The van der Waals surface area contributed by atoms with Crippen LogP contribution in [0.15, 0.2) is 42.5 Å². The minimum atomic E-state index is -1.79. The maximum Gasteiger partial charge on any atom is 0.332 e. The summed E-state index contributed by atoms with van der Waals surface area (Å²) >= 11 is 0. The molecule has 1 aliphatic carbocycles. The predicted octanol–water partition coefficient (Wildman–Crippen LogP) is 3.20. The molecule has 0 bridgehead atoms. The standard InChI is InChI=1S/C20H20O6/c1-12(2)25-18(21)11-24-20(26-23)16-7-5-4-6-14(16)19(22)15-10-13(3)8-9-17(15)20/h4-10,12,23H,11H2,1-3H3. The molecule has 2 aromatic carbocycles. The molecule has 1 N–H and O–H groups in total. The van der Waals surface area contributed by atoms with Crippen molar-refractivity contribution in [2.75, 3.05) is 6.61 Å². The Morgan fingerprint density at radius 3 is 2.50 bits per heavy atom. The number of benzene rings is 2. The number of aryl methyl sites for hydroxylation is 1. The number of carbonyl (C=O) groups excluding carboxylic acids is 2. The van der Waals surface area contributed by atoms with Crippen LogP contribution in [-0.2, 0) is 24.9 Å². The molecule has 0 aliphatic heterocycles. The van der Waals surface area contributed by atoms with Crippen LogP contribution in [0.5, 0.6) is 0 Å². The Bertz CT molecular complexity index is 857. The van der Waals surface area contributed by atoms with Gasteiger partial charge in [0.2, 0.25) is 0 Å². The molecular formula is C20H20O6. The lowest BCUT2D eigenvalue weighted by atomic mass is 9.80. The molecule has 0 saturated carbocycles. The van der Waals surface area contributed by atoms with Gasteiger partial charge in [-0.05, 0) is 26.8 Å². The summed E-state index contributed by atoms with van der Waals surface area (Å²) < 4.78 is 10.8. The maximum absolute atomic E-state index is 12.9. The first-order chi connectivity index (χ1) is 12.4. The average Bonchev–Trinajstić information content (AvgIpc) is 2.62. The van der Waals surface area contributed by atoms with E-state index in [-0.39, 0.29) is 11.9 Å². The van der Waals surface area contributed by atoms with Crippen molar-refractivity contribution in [2.45, 2.75) is 32.7 Å². The van der Waals surface area contributed by atoms with Gasteiger partial charge in [-0.15, -0.1) is 0 Å². The predicted molar refractivity (Wildman–Crippen MR) is 92.7 cm³/mol. The van der Waals surface area contributed by atoms with Crippen molar-refractivity contribution in [1.82, 2.24) is 0 Å². The Kier molecular flexibility index (Phi) is 4.91. The van der Waals surface area contributed by atoms with Gasteiger partial charge in [-0.2, -0.15) is 4.89 Å². The van der Waals surface area contributed by atoms with Gasteiger partial charge in [0.1, 0.15) is 6.61 Å². The van der Waals surface area contributed by atoms with Crippen LogP contribution in [0.3, 0.4) is 0 Å². The molecular weight excluding hydrogens is 336 g/mol. The van der Waals surface area contributed by atoms with Crippen molar-refractivity contribution >= 4 is 11.8 Å². The average molecular weight is 356 g/mol. The highest BCUT2D eigenvalue weighted by Crippen LogP contribution is 2.43. The molecule has 3 rings (SSSR count). The fourth-order valence-corrected chi connectivity index (χ4v) is 3.13. The van der Waals surface area contributed by atoms with E-state index >= 15 is 0 Å². The van der Waals surface area contributed by atoms with Crippen LogP contribution in [0.4, 0.5) is 0 Å². The van der Waals surface area contributed by atoms with Crippen LogP contribution in [0.1, 0.15) is 46.5 Å². The molecule has 26 heavy (non-hydrogen) atoms. The molecule has 0 aromatic heterocycles. The zero-order valence-corrected chi connectivity index (χ0v) is 14.8. The Morgan fingerprint density at radius 1 is 1.12 bits per heavy atom. The van der Waals surface area contributed by atoms with Gasteiger partial charge < -0.3 is 9.47 Å². The summed E-state index contributed by atoms with van der Waals surface area (Å²) in [5, 5.41) is 9.80. The van der Waals surface area contributed by atoms with Crippen molar-refractivity contribution in [1.29, 1.82) is 0 Å². The largest absolute Gasteiger partial charge is 0.461 e. The van der Waals surface area contributed by atoms with Gasteiger partial charge in [0.15, 0.2) is 5.78 Å². The van der Waals surface area contributed by atoms with Crippen LogP contribution in [0.2, 0.25) is 0 Å². The molecule has 1 atom stereocenters. The second-order valence-electron chi connectivity index (χ2n) is 6.46. The van der Waals surface area contributed by atoms with E-state index < -0.39 is 18.4 Å². The lowest BCUT2D eigenvalue weighted by Crippen LogP contribution is -2.41. The van der Waals surface area contributed by atoms with Gasteiger partial charge in [-0.1, -0.05) is 42.0 Å². The van der Waals surface area contributed by atoms with Crippen molar-refractivity contribution < 1.29 is 29.2 Å². The molecule has 0 saturated heterocycles. The third kappa shape index (κ3) is 3.03. The SMILES string of the molecule is Cc1ccc2c(c1)C(=O)c1ccccc1C2(OO)OCC(=O)OC(C)C. The highest BCUT2D eigenvalue weighted by atomic mass is 17.1. The van der Waals surface area contributed by atoms with Gasteiger partial charge in [0.05, 0.1) is 6.10 Å². The van der Waals surface area contributed by atoms with Crippen molar-refractivity contribution in [3.63, 3.8) is 0 Å². The van der Waals surface area contributed by atoms with Gasteiger partial charge in [-0.25, -0.2) is 10.1 Å². The van der Waals surface area contributed by atoms with Gasteiger partial charge in [0.25, 0.3) is 5.79 Å². The number of carbonyl (C=O) groups is 2. The number of ether oxygens (including phenoxy) is 2. The topological polar surface area (TPSA) is 82.1 Å². The third-order valence-electron chi connectivity index (χ3n) is 4.19. The minimum Gasteiger partial charge on any atom is -0.461 e. The van der Waals surface area contributed by atoms with E-state index in [0.29, 0.717) is 22.3 Å². The molecule has 6 nitrogen and oxygen atoms in total. The van der Waals surface area contributed by atoms with E-state index in [1.165, 1.54) is 0 Å². The monoisotopic (exact) mass is 356 g/mol. The zero-order chi connectivity index (χ0) is 18.9. The molecule has 0 spiro atoms. The second-order valence-corrected chi connectivity index (χ2v) is 6.46. The molecule has 0 amide bonds. The smallest absolute Gasteiger partial charge is 0.332 e. The van der Waals surface area contributed by atoms with E-state index in [1.54, 1.807) is 56.3 Å². The van der Waals surface area contributed by atoms with E-state index in [0.717, 1.165) is 5.56 Å². The normalized spacial score (nSPS) is 18.4. The second kappa shape index (κ2) is 6.99. The van der Waals surface area contributed by atoms with Crippen molar-refractivity contribution in [2.24, 2.45) is 0 Å². The fourth-order valence-electron chi connectivity index (χ4n) is 3.13. The van der Waals surface area contributed by atoms with E-state index in [1.807, 2.05) is 6.92 Å².